The number of rotatable bonds is 12. The van der Waals surface area contributed by atoms with Crippen LogP contribution in [0.1, 0.15) is 48.0 Å². The summed E-state index contributed by atoms with van der Waals surface area (Å²) in [6.45, 7) is 11.4. The summed E-state index contributed by atoms with van der Waals surface area (Å²) in [5.41, 5.74) is 8.40. The first-order valence-corrected chi connectivity index (χ1v) is 14.0. The van der Waals surface area contributed by atoms with Gasteiger partial charge in [-0.25, -0.2) is 0 Å². The van der Waals surface area contributed by atoms with Crippen LogP contribution in [-0.2, 0) is 17.4 Å². The first-order valence-electron chi connectivity index (χ1n) is 14.0. The average Bonchev–Trinajstić information content (AvgIpc) is 3.38. The van der Waals surface area contributed by atoms with Crippen LogP contribution in [0, 0.1) is 13.8 Å². The molecule has 10 heteroatoms. The van der Waals surface area contributed by atoms with E-state index in [2.05, 4.69) is 10.3 Å². The summed E-state index contributed by atoms with van der Waals surface area (Å²) >= 11 is 0. The van der Waals surface area contributed by atoms with E-state index in [0.29, 0.717) is 77.8 Å². The van der Waals surface area contributed by atoms with Gasteiger partial charge < -0.3 is 39.9 Å². The van der Waals surface area contributed by atoms with Gasteiger partial charge in [0, 0.05) is 42.8 Å². The normalized spacial score (nSPS) is 11.6. The SMILES string of the molecule is CCNC(=O)c1cc2c(-c3cc(C(C)(C)O)ccc3Oc3c(C)cc(OCCOCCN)cc3C)cn(C)c(=O)c2[nH]1. The maximum absolute atomic E-state index is 13.1. The average molecular weight is 577 g/mol. The first kappa shape index (κ1) is 30.8. The van der Waals surface area contributed by atoms with Crippen molar-refractivity contribution in [1.82, 2.24) is 14.9 Å². The highest BCUT2D eigenvalue weighted by Crippen LogP contribution is 2.41. The summed E-state index contributed by atoms with van der Waals surface area (Å²) < 4.78 is 19.3. The lowest BCUT2D eigenvalue weighted by molar-refractivity contribution is 0.0786. The van der Waals surface area contributed by atoms with E-state index in [-0.39, 0.29) is 17.2 Å². The lowest BCUT2D eigenvalue weighted by Gasteiger charge is -2.22. The van der Waals surface area contributed by atoms with Gasteiger partial charge in [-0.05, 0) is 81.6 Å². The largest absolute Gasteiger partial charge is 0.491 e. The summed E-state index contributed by atoms with van der Waals surface area (Å²) in [7, 11) is 1.66. The van der Waals surface area contributed by atoms with Gasteiger partial charge in [-0.1, -0.05) is 6.07 Å². The Bertz CT molecular complexity index is 1620. The van der Waals surface area contributed by atoms with Crippen LogP contribution in [0.4, 0.5) is 0 Å². The highest BCUT2D eigenvalue weighted by atomic mass is 16.5. The van der Waals surface area contributed by atoms with Crippen LogP contribution in [0.2, 0.25) is 0 Å². The van der Waals surface area contributed by atoms with E-state index in [1.165, 1.54) is 4.57 Å². The van der Waals surface area contributed by atoms with Gasteiger partial charge in [0.05, 0.1) is 18.8 Å². The van der Waals surface area contributed by atoms with Crippen molar-refractivity contribution in [3.63, 3.8) is 0 Å². The number of H-pyrrole nitrogens is 1. The molecule has 0 saturated heterocycles. The van der Waals surface area contributed by atoms with Gasteiger partial charge in [-0.15, -0.1) is 0 Å². The molecule has 2 heterocycles. The molecule has 0 atom stereocenters. The van der Waals surface area contributed by atoms with Crippen LogP contribution >= 0.6 is 0 Å². The predicted molar refractivity (Wildman–Crippen MR) is 164 cm³/mol. The molecule has 0 aliphatic rings. The second-order valence-corrected chi connectivity index (χ2v) is 10.8. The number of hydrogen-bond acceptors (Lipinski definition) is 7. The van der Waals surface area contributed by atoms with Gasteiger partial charge in [0.15, 0.2) is 0 Å². The third-order valence-electron chi connectivity index (χ3n) is 6.93. The highest BCUT2D eigenvalue weighted by Gasteiger charge is 2.23. The maximum Gasteiger partial charge on any atom is 0.274 e. The second kappa shape index (κ2) is 12.8. The minimum absolute atomic E-state index is 0.263. The first-order chi connectivity index (χ1) is 19.9. The smallest absolute Gasteiger partial charge is 0.274 e. The Balaban J connectivity index is 1.81. The van der Waals surface area contributed by atoms with Crippen molar-refractivity contribution in [2.75, 3.05) is 32.9 Å². The van der Waals surface area contributed by atoms with Crippen LogP contribution in [0.3, 0.4) is 0 Å². The molecule has 4 rings (SSSR count). The molecule has 0 bridgehead atoms. The van der Waals surface area contributed by atoms with Crippen molar-refractivity contribution in [1.29, 1.82) is 0 Å². The minimum Gasteiger partial charge on any atom is -0.491 e. The molecule has 4 aromatic rings. The van der Waals surface area contributed by atoms with Crippen molar-refractivity contribution in [3.8, 4) is 28.4 Å². The molecular formula is C32H40N4O6. The number of nitrogens with two attached hydrogens (primary N) is 1. The van der Waals surface area contributed by atoms with Gasteiger partial charge in [0.1, 0.15) is 35.1 Å². The van der Waals surface area contributed by atoms with Crippen LogP contribution in [0.15, 0.2) is 47.4 Å². The predicted octanol–water partition coefficient (Wildman–Crippen LogP) is 4.27. The fourth-order valence-corrected chi connectivity index (χ4v) is 4.81. The number of hydrogen-bond donors (Lipinski definition) is 4. The lowest BCUT2D eigenvalue weighted by atomic mass is 9.93. The summed E-state index contributed by atoms with van der Waals surface area (Å²) in [6.07, 6.45) is 1.72. The van der Waals surface area contributed by atoms with Crippen molar-refractivity contribution in [2.24, 2.45) is 12.8 Å². The van der Waals surface area contributed by atoms with E-state index in [0.717, 1.165) is 11.1 Å². The van der Waals surface area contributed by atoms with Gasteiger partial charge in [0.2, 0.25) is 0 Å². The Morgan fingerprint density at radius 2 is 1.79 bits per heavy atom. The molecule has 224 valence electrons. The van der Waals surface area contributed by atoms with E-state index in [9.17, 15) is 14.7 Å². The Morgan fingerprint density at radius 3 is 2.43 bits per heavy atom. The molecule has 2 aromatic carbocycles. The molecule has 0 unspecified atom stereocenters. The van der Waals surface area contributed by atoms with E-state index in [4.69, 9.17) is 19.9 Å². The van der Waals surface area contributed by atoms with Crippen LogP contribution < -0.4 is 26.1 Å². The number of nitrogens with one attached hydrogen (secondary N) is 2. The monoisotopic (exact) mass is 576 g/mol. The number of nitrogens with zero attached hydrogens (tertiary/aromatic N) is 1. The number of carbonyl (C=O) groups is 1. The molecule has 42 heavy (non-hydrogen) atoms. The molecule has 0 aliphatic heterocycles. The van der Waals surface area contributed by atoms with E-state index in [1.807, 2.05) is 51.1 Å². The maximum atomic E-state index is 13.1. The highest BCUT2D eigenvalue weighted by molar-refractivity contribution is 6.03. The van der Waals surface area contributed by atoms with Crippen molar-refractivity contribution >= 4 is 16.8 Å². The molecular weight excluding hydrogens is 536 g/mol. The molecule has 0 radical (unpaired) electrons. The fourth-order valence-electron chi connectivity index (χ4n) is 4.81. The number of amides is 1. The number of aromatic amines is 1. The summed E-state index contributed by atoms with van der Waals surface area (Å²) in [5, 5.41) is 14.2. The van der Waals surface area contributed by atoms with Crippen molar-refractivity contribution in [2.45, 2.75) is 40.2 Å². The number of fused-ring (bicyclic) bond motifs is 1. The molecule has 0 spiro atoms. The zero-order valence-electron chi connectivity index (χ0n) is 25.1. The zero-order chi connectivity index (χ0) is 30.6. The molecule has 2 aromatic heterocycles. The molecule has 1 amide bonds. The Morgan fingerprint density at radius 1 is 1.07 bits per heavy atom. The Kier molecular flexibility index (Phi) is 9.40. The Hall–Kier alpha value is -4.12. The number of benzene rings is 2. The molecule has 0 fully saturated rings. The van der Waals surface area contributed by atoms with E-state index in [1.54, 1.807) is 33.2 Å². The lowest BCUT2D eigenvalue weighted by Crippen LogP contribution is -2.23. The van der Waals surface area contributed by atoms with Crippen LogP contribution in [0.5, 0.6) is 17.2 Å². The number of ether oxygens (including phenoxy) is 3. The van der Waals surface area contributed by atoms with Gasteiger partial charge in [-0.2, -0.15) is 0 Å². The minimum atomic E-state index is -1.13. The van der Waals surface area contributed by atoms with Crippen molar-refractivity contribution in [3.05, 3.63) is 75.3 Å². The standard InChI is InChI=1S/C32H40N4O6/c1-7-34-30(37)26-17-24-25(18-36(6)31(38)28(24)35-26)23-16-21(32(4,5)39)8-9-27(23)42-29-19(2)14-22(15-20(29)3)41-13-12-40-11-10-33/h8-9,14-18,35,39H,7,10-13,33H2,1-6H3,(H,34,37). The van der Waals surface area contributed by atoms with Crippen molar-refractivity contribution < 1.29 is 24.1 Å². The third kappa shape index (κ3) is 6.67. The quantitative estimate of drug-likeness (QED) is 0.185. The number of aliphatic hydroxyl groups is 1. The molecule has 0 aliphatic carbocycles. The Labute approximate surface area is 245 Å². The number of pyridine rings is 1. The van der Waals surface area contributed by atoms with Gasteiger partial charge >= 0.3 is 0 Å². The third-order valence-corrected chi connectivity index (χ3v) is 6.93. The summed E-state index contributed by atoms with van der Waals surface area (Å²) in [5.74, 6) is 1.59. The fraction of sp³-hybridized carbons (Fsp3) is 0.375. The second-order valence-electron chi connectivity index (χ2n) is 10.8. The molecule has 5 N–H and O–H groups in total. The van der Waals surface area contributed by atoms with Gasteiger partial charge in [-0.3, -0.25) is 9.59 Å². The summed E-state index contributed by atoms with van der Waals surface area (Å²) in [6, 6.07) is 11.0. The molecule has 0 saturated carbocycles. The topological polar surface area (TPSA) is 141 Å². The number of aromatic nitrogens is 2. The number of carbonyl (C=O) groups excluding carboxylic acids is 1. The van der Waals surface area contributed by atoms with Gasteiger partial charge in [0.25, 0.3) is 11.5 Å². The zero-order valence-corrected chi connectivity index (χ0v) is 25.1. The van der Waals surface area contributed by atoms with Crippen LogP contribution in [0.25, 0.3) is 22.0 Å². The number of aryl methyl sites for hydroxylation is 3. The molecule has 10 nitrogen and oxygen atoms in total. The van der Waals surface area contributed by atoms with E-state index >= 15 is 0 Å². The van der Waals surface area contributed by atoms with E-state index < -0.39 is 5.60 Å². The summed E-state index contributed by atoms with van der Waals surface area (Å²) in [4.78, 5) is 28.7. The van der Waals surface area contributed by atoms with Crippen LogP contribution in [-0.4, -0.2) is 53.5 Å².